The summed E-state index contributed by atoms with van der Waals surface area (Å²) in [5, 5.41) is 21.8. The zero-order chi connectivity index (χ0) is 20.5. The molecule has 2 aromatic heterocycles. The summed E-state index contributed by atoms with van der Waals surface area (Å²) in [6.07, 6.45) is 5.26. The predicted molar refractivity (Wildman–Crippen MR) is 105 cm³/mol. The number of hydrogen-bond donors (Lipinski definition) is 3. The maximum absolute atomic E-state index is 12.6. The first-order valence-corrected chi connectivity index (χ1v) is 9.90. The molecule has 0 spiro atoms. The number of aromatic nitrogens is 2. The molecule has 0 atom stereocenters. The molecular formula is C19H23N3O5S. The van der Waals surface area contributed by atoms with Gasteiger partial charge in [0.05, 0.1) is 5.56 Å². The summed E-state index contributed by atoms with van der Waals surface area (Å²) < 4.78 is 5.45. The number of nitrogens with one attached hydrogen (secondary N) is 1. The summed E-state index contributed by atoms with van der Waals surface area (Å²) in [7, 11) is 0. The molecule has 0 aliphatic heterocycles. The number of fused-ring (bicyclic) bond motifs is 1. The van der Waals surface area contributed by atoms with Crippen LogP contribution < -0.4 is 5.32 Å². The van der Waals surface area contributed by atoms with E-state index in [0.717, 1.165) is 48.2 Å². The summed E-state index contributed by atoms with van der Waals surface area (Å²) in [6, 6.07) is 0. The van der Waals surface area contributed by atoms with Gasteiger partial charge in [0.15, 0.2) is 5.82 Å². The van der Waals surface area contributed by atoms with Gasteiger partial charge in [0.2, 0.25) is 0 Å². The fourth-order valence-electron chi connectivity index (χ4n) is 3.67. The van der Waals surface area contributed by atoms with Crippen molar-refractivity contribution in [3.63, 3.8) is 0 Å². The first kappa shape index (κ1) is 20.1. The standard InChI is InChI=1S/C18H21N3O2S.CH2O3/c1-10-19-16(23-21-10)13-14-12(8-9-18(14,2)3)24-17(13)20-15(22)11-6-4-5-7-11;2-1(3)4/h6H,4-5,7-9H2,1-3H3,(H,20,22);(H2,2,3,4). The van der Waals surface area contributed by atoms with Crippen molar-refractivity contribution in [1.82, 2.24) is 10.1 Å². The van der Waals surface area contributed by atoms with Gasteiger partial charge in [0.25, 0.3) is 11.8 Å². The summed E-state index contributed by atoms with van der Waals surface area (Å²) in [6.45, 7) is 6.29. The Morgan fingerprint density at radius 3 is 2.57 bits per heavy atom. The molecule has 0 fully saturated rings. The molecule has 3 N–H and O–H groups in total. The van der Waals surface area contributed by atoms with Crippen molar-refractivity contribution < 1.29 is 24.3 Å². The van der Waals surface area contributed by atoms with Gasteiger partial charge >= 0.3 is 6.16 Å². The highest BCUT2D eigenvalue weighted by Crippen LogP contribution is 2.52. The van der Waals surface area contributed by atoms with E-state index < -0.39 is 6.16 Å². The fraction of sp³-hybridized carbons (Fsp3) is 0.474. The van der Waals surface area contributed by atoms with Gasteiger partial charge < -0.3 is 20.1 Å². The average molecular weight is 405 g/mol. The average Bonchev–Trinajstić information content (AvgIpc) is 3.34. The lowest BCUT2D eigenvalue weighted by Gasteiger charge is -2.19. The van der Waals surface area contributed by atoms with Crippen LogP contribution in [0.1, 0.15) is 55.8 Å². The zero-order valence-corrected chi connectivity index (χ0v) is 16.9. The molecule has 150 valence electrons. The van der Waals surface area contributed by atoms with Crippen LogP contribution in [0.3, 0.4) is 0 Å². The van der Waals surface area contributed by atoms with Gasteiger partial charge in [-0.2, -0.15) is 4.98 Å². The number of anilines is 1. The van der Waals surface area contributed by atoms with Crippen LogP contribution in [0.2, 0.25) is 0 Å². The first-order valence-electron chi connectivity index (χ1n) is 9.08. The Kier molecular flexibility index (Phi) is 5.55. The zero-order valence-electron chi connectivity index (χ0n) is 16.0. The second kappa shape index (κ2) is 7.75. The molecule has 8 nitrogen and oxygen atoms in total. The van der Waals surface area contributed by atoms with E-state index in [2.05, 4.69) is 29.3 Å². The minimum Gasteiger partial charge on any atom is -0.450 e. The number of nitrogens with zero attached hydrogens (tertiary/aromatic N) is 2. The van der Waals surface area contributed by atoms with Crippen molar-refractivity contribution in [3.8, 4) is 11.5 Å². The molecule has 0 saturated heterocycles. The van der Waals surface area contributed by atoms with Crippen molar-refractivity contribution in [1.29, 1.82) is 0 Å². The van der Waals surface area contributed by atoms with E-state index in [1.54, 1.807) is 11.3 Å². The molecule has 2 heterocycles. The number of amides is 1. The van der Waals surface area contributed by atoms with E-state index in [9.17, 15) is 4.79 Å². The van der Waals surface area contributed by atoms with Gasteiger partial charge in [0, 0.05) is 10.5 Å². The molecule has 28 heavy (non-hydrogen) atoms. The van der Waals surface area contributed by atoms with Gasteiger partial charge in [-0.15, -0.1) is 11.3 Å². The highest BCUT2D eigenvalue weighted by molar-refractivity contribution is 7.17. The molecule has 0 unspecified atom stereocenters. The van der Waals surface area contributed by atoms with E-state index in [-0.39, 0.29) is 11.3 Å². The number of hydrogen-bond acceptors (Lipinski definition) is 6. The Morgan fingerprint density at radius 1 is 1.29 bits per heavy atom. The van der Waals surface area contributed by atoms with Crippen molar-refractivity contribution in [3.05, 3.63) is 27.9 Å². The number of thiophene rings is 1. The lowest BCUT2D eigenvalue weighted by molar-refractivity contribution is -0.112. The molecule has 9 heteroatoms. The number of aryl methyl sites for hydroxylation is 2. The van der Waals surface area contributed by atoms with Gasteiger partial charge in [-0.1, -0.05) is 25.1 Å². The second-order valence-electron chi connectivity index (χ2n) is 7.49. The van der Waals surface area contributed by atoms with Crippen LogP contribution >= 0.6 is 11.3 Å². The molecule has 0 saturated carbocycles. The first-order chi connectivity index (χ1) is 13.2. The minimum atomic E-state index is -1.83. The molecule has 2 aromatic rings. The van der Waals surface area contributed by atoms with Crippen molar-refractivity contribution in [2.24, 2.45) is 0 Å². The van der Waals surface area contributed by atoms with E-state index in [0.29, 0.717) is 11.7 Å². The van der Waals surface area contributed by atoms with Crippen LogP contribution in [0.5, 0.6) is 0 Å². The maximum atomic E-state index is 12.6. The lowest BCUT2D eigenvalue weighted by atomic mass is 9.85. The monoisotopic (exact) mass is 405 g/mol. The number of allylic oxidation sites excluding steroid dienone is 1. The number of carbonyl (C=O) groups excluding carboxylic acids is 1. The maximum Gasteiger partial charge on any atom is 0.503 e. The highest BCUT2D eigenvalue weighted by Gasteiger charge is 2.38. The molecule has 4 rings (SSSR count). The summed E-state index contributed by atoms with van der Waals surface area (Å²) >= 11 is 1.66. The highest BCUT2D eigenvalue weighted by atomic mass is 32.1. The molecule has 0 radical (unpaired) electrons. The lowest BCUT2D eigenvalue weighted by Crippen LogP contribution is -2.15. The number of rotatable bonds is 3. The fourth-order valence-corrected chi connectivity index (χ4v) is 5.04. The van der Waals surface area contributed by atoms with Crippen molar-refractivity contribution in [2.45, 2.75) is 58.3 Å². The Labute approximate surface area is 166 Å². The van der Waals surface area contributed by atoms with E-state index in [4.69, 9.17) is 19.5 Å². The molecule has 0 aromatic carbocycles. The number of carboxylic acid groups (broad SMARTS) is 2. The van der Waals surface area contributed by atoms with Crippen LogP contribution in [0.4, 0.5) is 9.80 Å². The van der Waals surface area contributed by atoms with E-state index >= 15 is 0 Å². The molecule has 0 bridgehead atoms. The number of carbonyl (C=O) groups is 2. The third-order valence-corrected chi connectivity index (χ3v) is 6.10. The minimum absolute atomic E-state index is 0.00252. The molecule has 2 aliphatic rings. The van der Waals surface area contributed by atoms with Gasteiger partial charge in [-0.3, -0.25) is 4.79 Å². The Morgan fingerprint density at radius 2 is 2.00 bits per heavy atom. The normalized spacial score (nSPS) is 16.8. The predicted octanol–water partition coefficient (Wildman–Crippen LogP) is 4.60. The van der Waals surface area contributed by atoms with Gasteiger partial charge in [-0.05, 0) is 50.0 Å². The third-order valence-electron chi connectivity index (χ3n) is 4.94. The molecule has 1 amide bonds. The molecule has 2 aliphatic carbocycles. The largest absolute Gasteiger partial charge is 0.503 e. The van der Waals surface area contributed by atoms with Crippen LogP contribution in [0.15, 0.2) is 16.2 Å². The van der Waals surface area contributed by atoms with E-state index in [1.165, 1.54) is 10.4 Å². The van der Waals surface area contributed by atoms with Crippen LogP contribution in [0.25, 0.3) is 11.5 Å². The van der Waals surface area contributed by atoms with Crippen LogP contribution in [0, 0.1) is 6.92 Å². The van der Waals surface area contributed by atoms with Gasteiger partial charge in [0.1, 0.15) is 5.00 Å². The van der Waals surface area contributed by atoms with Crippen molar-refractivity contribution in [2.75, 3.05) is 5.32 Å². The Balaban J connectivity index is 0.000000516. The SMILES string of the molecule is Cc1noc(-c2c(NC(=O)C3=CCCC3)sc3c2C(C)(C)CC3)n1.O=C(O)O. The summed E-state index contributed by atoms with van der Waals surface area (Å²) in [5.74, 6) is 1.12. The molecular weight excluding hydrogens is 382 g/mol. The second-order valence-corrected chi connectivity index (χ2v) is 8.60. The van der Waals surface area contributed by atoms with E-state index in [1.807, 2.05) is 13.0 Å². The third kappa shape index (κ3) is 4.09. The Hall–Kier alpha value is -2.68. The quantitative estimate of drug-likeness (QED) is 0.681. The van der Waals surface area contributed by atoms with Crippen molar-refractivity contribution >= 4 is 28.4 Å². The van der Waals surface area contributed by atoms with Crippen LogP contribution in [-0.4, -0.2) is 32.4 Å². The summed E-state index contributed by atoms with van der Waals surface area (Å²) in [4.78, 5) is 26.9. The van der Waals surface area contributed by atoms with Crippen LogP contribution in [-0.2, 0) is 16.6 Å². The smallest absolute Gasteiger partial charge is 0.450 e. The Bertz CT molecular complexity index is 938. The summed E-state index contributed by atoms with van der Waals surface area (Å²) in [5.41, 5.74) is 3.12. The topological polar surface area (TPSA) is 126 Å². The van der Waals surface area contributed by atoms with Gasteiger partial charge in [-0.25, -0.2) is 4.79 Å².